The largest absolute Gasteiger partial charge is 0.343 e. The summed E-state index contributed by atoms with van der Waals surface area (Å²) in [6, 6.07) is 17.4. The molecule has 0 saturated heterocycles. The van der Waals surface area contributed by atoms with Gasteiger partial charge in [0.05, 0.1) is 40.7 Å². The minimum atomic E-state index is -0.609. The van der Waals surface area contributed by atoms with Gasteiger partial charge in [0.1, 0.15) is 0 Å². The van der Waals surface area contributed by atoms with E-state index in [1.165, 1.54) is 30.3 Å². The monoisotopic (exact) mass is 497 g/mol. The van der Waals surface area contributed by atoms with Gasteiger partial charge in [0, 0.05) is 5.56 Å². The van der Waals surface area contributed by atoms with Gasteiger partial charge in [-0.25, -0.2) is 0 Å². The molecule has 0 unspecified atom stereocenters. The lowest BCUT2D eigenvalue weighted by Crippen LogP contribution is -2.33. The lowest BCUT2D eigenvalue weighted by Gasteiger charge is -2.14. The number of H-pyrrole nitrogens is 2. The molecule has 11 heteroatoms. The highest BCUT2D eigenvalue weighted by molar-refractivity contribution is 6.21. The smallest absolute Gasteiger partial charge is 0.272 e. The number of fused-ring (bicyclic) bond motifs is 2. The molecule has 0 aliphatic carbocycles. The molecule has 0 spiro atoms. The molecule has 184 valence electrons. The summed E-state index contributed by atoms with van der Waals surface area (Å²) >= 11 is 0. The second-order valence-corrected chi connectivity index (χ2v) is 8.31. The zero-order chi connectivity index (χ0) is 26.1. The van der Waals surface area contributed by atoms with Crippen molar-refractivity contribution in [1.82, 2.24) is 20.4 Å². The van der Waals surface area contributed by atoms with E-state index in [4.69, 9.17) is 0 Å². The Kier molecular flexibility index (Phi) is 5.94. The average molecular weight is 497 g/mol. The molecule has 0 radical (unpaired) electrons. The highest BCUT2D eigenvalue weighted by Crippen LogP contribution is 2.24. The van der Waals surface area contributed by atoms with E-state index in [-0.39, 0.29) is 28.6 Å². The van der Waals surface area contributed by atoms with Crippen molar-refractivity contribution in [1.29, 1.82) is 0 Å². The highest BCUT2D eigenvalue weighted by atomic mass is 16.2. The van der Waals surface area contributed by atoms with Crippen LogP contribution in [0.1, 0.15) is 36.6 Å². The van der Waals surface area contributed by atoms with Crippen LogP contribution >= 0.6 is 0 Å². The normalized spacial score (nSPS) is 12.5. The molecule has 3 aromatic carbocycles. The molecule has 37 heavy (non-hydrogen) atoms. The number of aromatic nitrogens is 2. The Balaban J connectivity index is 1.24. The first-order chi connectivity index (χ1) is 17.8. The predicted octanol–water partition coefficient (Wildman–Crippen LogP) is 1.38. The lowest BCUT2D eigenvalue weighted by molar-refractivity contribution is -0.115. The number of rotatable bonds is 6. The summed E-state index contributed by atoms with van der Waals surface area (Å²) in [4.78, 5) is 75.6. The number of hydrogen-bond donors (Lipinski definition) is 4. The van der Waals surface area contributed by atoms with Gasteiger partial charge in [0.25, 0.3) is 28.8 Å². The fourth-order valence-electron chi connectivity index (χ4n) is 4.17. The van der Waals surface area contributed by atoms with E-state index in [0.717, 1.165) is 4.90 Å². The second-order valence-electron chi connectivity index (χ2n) is 8.31. The van der Waals surface area contributed by atoms with Gasteiger partial charge in [-0.1, -0.05) is 30.3 Å². The molecule has 1 aliphatic rings. The quantitative estimate of drug-likeness (QED) is 0.294. The van der Waals surface area contributed by atoms with Crippen molar-refractivity contribution in [2.24, 2.45) is 0 Å². The maximum atomic E-state index is 12.7. The maximum Gasteiger partial charge on any atom is 0.272 e. The molecular weight excluding hydrogens is 478 g/mol. The maximum absolute atomic E-state index is 12.7. The molecule has 2 heterocycles. The first-order valence-electron chi connectivity index (χ1n) is 11.2. The molecule has 4 amide bonds. The Morgan fingerprint density at radius 3 is 2.19 bits per heavy atom. The molecule has 1 aliphatic heterocycles. The van der Waals surface area contributed by atoms with E-state index >= 15 is 0 Å². The topological polar surface area (TPSA) is 161 Å². The van der Waals surface area contributed by atoms with E-state index in [9.17, 15) is 28.8 Å². The standard InChI is InChI=1S/C26H19N5O6/c32-20(28-19-10-4-9-18-21(19)24(35)30-29-23(18)34)12-27-22(33)15-6-3-5-14(11-15)13-31-25(36)16-7-1-2-8-17(16)26(31)37/h1-11H,12-13H2,(H,27,33)(H,28,32)(H,29,34)(H,30,35). The van der Waals surface area contributed by atoms with Gasteiger partial charge >= 0.3 is 0 Å². The molecule has 0 saturated carbocycles. The van der Waals surface area contributed by atoms with Crippen LogP contribution in [0.3, 0.4) is 0 Å². The van der Waals surface area contributed by atoms with Crippen LogP contribution in [0.4, 0.5) is 5.69 Å². The third-order valence-electron chi connectivity index (χ3n) is 5.92. The van der Waals surface area contributed by atoms with Gasteiger partial charge in [-0.2, -0.15) is 0 Å². The number of anilines is 1. The Labute approximate surface area is 208 Å². The summed E-state index contributed by atoms with van der Waals surface area (Å²) in [5, 5.41) is 9.58. The van der Waals surface area contributed by atoms with Gasteiger partial charge in [-0.05, 0) is 42.0 Å². The van der Waals surface area contributed by atoms with Crippen LogP contribution in [0.15, 0.2) is 76.3 Å². The average Bonchev–Trinajstić information content (AvgIpc) is 3.14. The molecule has 4 N–H and O–H groups in total. The van der Waals surface area contributed by atoms with Crippen LogP contribution in [0.25, 0.3) is 10.8 Å². The summed E-state index contributed by atoms with van der Waals surface area (Å²) in [5.74, 6) is -1.96. The number of imide groups is 1. The zero-order valence-corrected chi connectivity index (χ0v) is 19.2. The van der Waals surface area contributed by atoms with Crippen LogP contribution in [0.5, 0.6) is 0 Å². The first kappa shape index (κ1) is 23.4. The fraction of sp³-hybridized carbons (Fsp3) is 0.0769. The van der Waals surface area contributed by atoms with Crippen molar-refractivity contribution < 1.29 is 19.2 Å². The van der Waals surface area contributed by atoms with Gasteiger partial charge in [-0.3, -0.25) is 43.9 Å². The van der Waals surface area contributed by atoms with E-state index < -0.39 is 41.3 Å². The number of nitrogens with zero attached hydrogens (tertiary/aromatic N) is 1. The molecule has 11 nitrogen and oxygen atoms in total. The minimum absolute atomic E-state index is 0.0112. The second kappa shape index (κ2) is 9.38. The Morgan fingerprint density at radius 2 is 1.46 bits per heavy atom. The van der Waals surface area contributed by atoms with Gasteiger partial charge in [0.2, 0.25) is 5.91 Å². The highest BCUT2D eigenvalue weighted by Gasteiger charge is 2.35. The summed E-state index contributed by atoms with van der Waals surface area (Å²) in [6.45, 7) is -0.415. The summed E-state index contributed by atoms with van der Waals surface area (Å²) < 4.78 is 0. The van der Waals surface area contributed by atoms with Crippen LogP contribution < -0.4 is 21.8 Å². The zero-order valence-electron chi connectivity index (χ0n) is 19.2. The SMILES string of the molecule is O=C(CNC(=O)c1cccc(CN2C(=O)c3ccccc3C2=O)c1)Nc1cccc2c(=O)[nH][nH]c(=O)c12. The van der Waals surface area contributed by atoms with Gasteiger partial charge < -0.3 is 10.6 Å². The van der Waals surface area contributed by atoms with Crippen LogP contribution in [0.2, 0.25) is 0 Å². The fourth-order valence-corrected chi connectivity index (χ4v) is 4.17. The molecule has 0 bridgehead atoms. The third-order valence-corrected chi connectivity index (χ3v) is 5.92. The van der Waals surface area contributed by atoms with Crippen LogP contribution in [-0.2, 0) is 11.3 Å². The number of carbonyl (C=O) groups excluding carboxylic acids is 4. The third kappa shape index (κ3) is 4.41. The van der Waals surface area contributed by atoms with E-state index in [0.29, 0.717) is 16.7 Å². The summed E-state index contributed by atoms with van der Waals surface area (Å²) in [6.07, 6.45) is 0. The minimum Gasteiger partial charge on any atom is -0.343 e. The van der Waals surface area contributed by atoms with Crippen molar-refractivity contribution in [2.75, 3.05) is 11.9 Å². The Morgan fingerprint density at radius 1 is 0.784 bits per heavy atom. The van der Waals surface area contributed by atoms with Crippen molar-refractivity contribution in [3.8, 4) is 0 Å². The number of benzene rings is 3. The Hall–Kier alpha value is -5.32. The van der Waals surface area contributed by atoms with Crippen LogP contribution in [0, 0.1) is 0 Å². The van der Waals surface area contributed by atoms with Gasteiger partial charge in [-0.15, -0.1) is 0 Å². The predicted molar refractivity (Wildman–Crippen MR) is 133 cm³/mol. The summed E-state index contributed by atoms with van der Waals surface area (Å²) in [5.41, 5.74) is 0.508. The van der Waals surface area contributed by atoms with E-state index in [1.807, 2.05) is 0 Å². The van der Waals surface area contributed by atoms with Crippen molar-refractivity contribution in [3.05, 3.63) is 110 Å². The molecule has 4 aromatic rings. The molecule has 5 rings (SSSR count). The number of hydrogen-bond acceptors (Lipinski definition) is 6. The number of amides is 4. The van der Waals surface area contributed by atoms with Crippen molar-refractivity contribution >= 4 is 40.1 Å². The molecule has 1 aromatic heterocycles. The van der Waals surface area contributed by atoms with Crippen molar-refractivity contribution in [3.63, 3.8) is 0 Å². The number of aromatic amines is 2. The number of carbonyl (C=O) groups is 4. The molecule has 0 fully saturated rings. The van der Waals surface area contributed by atoms with Gasteiger partial charge in [0.15, 0.2) is 0 Å². The molecular formula is C26H19N5O6. The van der Waals surface area contributed by atoms with Crippen LogP contribution in [-0.4, -0.2) is 45.3 Å². The van der Waals surface area contributed by atoms with Crippen molar-refractivity contribution in [2.45, 2.75) is 6.54 Å². The van der Waals surface area contributed by atoms with E-state index in [2.05, 4.69) is 20.8 Å². The summed E-state index contributed by atoms with van der Waals surface area (Å²) in [7, 11) is 0. The lowest BCUT2D eigenvalue weighted by atomic mass is 10.1. The number of nitrogens with one attached hydrogen (secondary N) is 4. The van der Waals surface area contributed by atoms with E-state index in [1.54, 1.807) is 36.4 Å². The first-order valence-corrected chi connectivity index (χ1v) is 11.2. The molecule has 0 atom stereocenters. The Bertz CT molecular complexity index is 1690.